The lowest BCUT2D eigenvalue weighted by Crippen LogP contribution is -1.91. The smallest absolute Gasteiger partial charge is 0.0629 e. The molecule has 0 heterocycles. The molecule has 0 unspecified atom stereocenters. The molecule has 5 aromatic rings. The van der Waals surface area contributed by atoms with Gasteiger partial charge in [-0.05, 0) is 68.1 Å². The van der Waals surface area contributed by atoms with Crippen LogP contribution in [0, 0.1) is 0 Å². The number of halogens is 2. The molecule has 0 atom stereocenters. The van der Waals surface area contributed by atoms with E-state index in [0.717, 1.165) is 0 Å². The van der Waals surface area contributed by atoms with Gasteiger partial charge in [0.2, 0.25) is 0 Å². The van der Waals surface area contributed by atoms with Crippen molar-refractivity contribution < 1.29 is 13.7 Å². The molecule has 0 saturated heterocycles. The fraction of sp³-hybridized carbons (Fsp3) is 0. The molecule has 0 saturated carbocycles. The summed E-state index contributed by atoms with van der Waals surface area (Å²) in [6.07, 6.45) is 0. The standard InChI is InChI=1S/C26H16BrCl/c27-19-11-13-21-23(15-19)25(17-7-3-1-4-8-17)22-14-12-20(28)16-24(22)26(21)18-9-5-2-6-10-18/h1-16H/i1D,2D,3D,4D,5D,6D,7D,8D,9D,10D. The van der Waals surface area contributed by atoms with E-state index in [1.54, 1.807) is 36.4 Å². The highest BCUT2D eigenvalue weighted by Crippen LogP contribution is 2.44. The minimum Gasteiger partial charge on any atom is -0.0843 e. The van der Waals surface area contributed by atoms with Gasteiger partial charge in [0.1, 0.15) is 0 Å². The maximum atomic E-state index is 8.64. The first kappa shape index (κ1) is 9.73. The Hall–Kier alpha value is -2.61. The summed E-state index contributed by atoms with van der Waals surface area (Å²) in [5.41, 5.74) is 0.640. The van der Waals surface area contributed by atoms with Crippen molar-refractivity contribution in [3.63, 3.8) is 0 Å². The first-order chi connectivity index (χ1) is 17.9. The first-order valence-electron chi connectivity index (χ1n) is 13.4. The van der Waals surface area contributed by atoms with Gasteiger partial charge in [0.15, 0.2) is 0 Å². The topological polar surface area (TPSA) is 0 Å². The third-order valence-electron chi connectivity index (χ3n) is 4.54. The predicted molar refractivity (Wildman–Crippen MR) is 125 cm³/mol. The minimum atomic E-state index is -0.520. The monoisotopic (exact) mass is 452 g/mol. The van der Waals surface area contributed by atoms with Gasteiger partial charge in [-0.3, -0.25) is 0 Å². The van der Waals surface area contributed by atoms with Crippen LogP contribution < -0.4 is 0 Å². The van der Waals surface area contributed by atoms with Gasteiger partial charge in [0.25, 0.3) is 0 Å². The number of hydrogen-bond acceptors (Lipinski definition) is 0. The zero-order valence-corrected chi connectivity index (χ0v) is 16.6. The van der Waals surface area contributed by atoms with Crippen molar-refractivity contribution in [1.82, 2.24) is 0 Å². The molecule has 0 fully saturated rings. The summed E-state index contributed by atoms with van der Waals surface area (Å²) in [6.45, 7) is 0. The Kier molecular flexibility index (Phi) is 2.46. The highest BCUT2D eigenvalue weighted by molar-refractivity contribution is 9.10. The van der Waals surface area contributed by atoms with Crippen molar-refractivity contribution in [1.29, 1.82) is 0 Å². The molecule has 0 aromatic heterocycles. The van der Waals surface area contributed by atoms with Crippen molar-refractivity contribution in [2.24, 2.45) is 0 Å². The molecule has 2 heteroatoms. The van der Waals surface area contributed by atoms with Crippen molar-refractivity contribution in [3.8, 4) is 22.3 Å². The van der Waals surface area contributed by atoms with E-state index in [0.29, 0.717) is 42.2 Å². The van der Waals surface area contributed by atoms with Gasteiger partial charge in [-0.1, -0.05) is 100 Å². The van der Waals surface area contributed by atoms with E-state index in [1.807, 2.05) is 0 Å². The van der Waals surface area contributed by atoms with E-state index >= 15 is 0 Å². The second-order valence-electron chi connectivity index (χ2n) is 6.13. The second kappa shape index (κ2) is 7.09. The largest absolute Gasteiger partial charge is 0.0843 e. The molecule has 0 amide bonds. The molecule has 5 aromatic carbocycles. The van der Waals surface area contributed by atoms with Gasteiger partial charge < -0.3 is 0 Å². The van der Waals surface area contributed by atoms with Crippen LogP contribution in [0.1, 0.15) is 13.7 Å². The summed E-state index contributed by atoms with van der Waals surface area (Å²) in [4.78, 5) is 0. The predicted octanol–water partition coefficient (Wildman–Crippen LogP) is 8.74. The maximum Gasteiger partial charge on any atom is 0.0629 e. The Bertz CT molecular complexity index is 1660. The average Bonchev–Trinajstić information content (AvgIpc) is 2.89. The number of fused-ring (bicyclic) bond motifs is 2. The third kappa shape index (κ3) is 2.92. The molecule has 0 bridgehead atoms. The second-order valence-corrected chi connectivity index (χ2v) is 7.48. The van der Waals surface area contributed by atoms with Crippen LogP contribution in [0.15, 0.2) is 101 Å². The van der Waals surface area contributed by atoms with Crippen LogP contribution in [0.3, 0.4) is 0 Å². The normalized spacial score (nSPS) is 16.2. The molecule has 28 heavy (non-hydrogen) atoms. The van der Waals surface area contributed by atoms with Gasteiger partial charge in [0, 0.05) is 9.50 Å². The van der Waals surface area contributed by atoms with Gasteiger partial charge in [-0.15, -0.1) is 0 Å². The van der Waals surface area contributed by atoms with E-state index < -0.39 is 48.3 Å². The van der Waals surface area contributed by atoms with Gasteiger partial charge in [-0.2, -0.15) is 0 Å². The Morgan fingerprint density at radius 2 is 1.11 bits per heavy atom. The lowest BCUT2D eigenvalue weighted by Gasteiger charge is -2.18. The minimum absolute atomic E-state index is 0.0148. The van der Waals surface area contributed by atoms with E-state index in [1.165, 1.54) is 0 Å². The molecule has 0 N–H and O–H groups in total. The Balaban J connectivity index is 2.13. The zero-order chi connectivity index (χ0) is 27.8. The fourth-order valence-electron chi connectivity index (χ4n) is 3.46. The first-order valence-corrected chi connectivity index (χ1v) is 9.52. The van der Waals surface area contributed by atoms with Crippen molar-refractivity contribution >= 4 is 49.1 Å². The van der Waals surface area contributed by atoms with Gasteiger partial charge >= 0.3 is 0 Å². The molecular formula is C26H16BrCl. The van der Waals surface area contributed by atoms with Crippen LogP contribution in [0.25, 0.3) is 43.8 Å². The van der Waals surface area contributed by atoms with Gasteiger partial charge in [0.05, 0.1) is 13.7 Å². The highest BCUT2D eigenvalue weighted by Gasteiger charge is 2.17. The van der Waals surface area contributed by atoms with Crippen molar-refractivity contribution in [2.45, 2.75) is 0 Å². The summed E-state index contributed by atoms with van der Waals surface area (Å²) in [6, 6.07) is 5.44. The van der Waals surface area contributed by atoms with Crippen LogP contribution in [0.4, 0.5) is 0 Å². The average molecular weight is 454 g/mol. The Labute approximate surface area is 191 Å². The summed E-state index contributed by atoms with van der Waals surface area (Å²) in [7, 11) is 0. The van der Waals surface area contributed by atoms with Crippen LogP contribution in [-0.4, -0.2) is 0 Å². The van der Waals surface area contributed by atoms with E-state index in [4.69, 9.17) is 25.3 Å². The van der Waals surface area contributed by atoms with Crippen molar-refractivity contribution in [2.75, 3.05) is 0 Å². The van der Waals surface area contributed by atoms with Crippen LogP contribution in [-0.2, 0) is 0 Å². The molecule has 0 spiro atoms. The molecule has 0 aliphatic heterocycles. The lowest BCUT2D eigenvalue weighted by atomic mass is 9.86. The van der Waals surface area contributed by atoms with Crippen LogP contribution in [0.2, 0.25) is 5.02 Å². The zero-order valence-electron chi connectivity index (χ0n) is 24.2. The number of rotatable bonds is 2. The van der Waals surface area contributed by atoms with E-state index in [2.05, 4.69) is 15.9 Å². The van der Waals surface area contributed by atoms with E-state index in [-0.39, 0.29) is 23.2 Å². The third-order valence-corrected chi connectivity index (χ3v) is 5.27. The van der Waals surface area contributed by atoms with Gasteiger partial charge in [-0.25, -0.2) is 0 Å². The summed E-state index contributed by atoms with van der Waals surface area (Å²) < 4.78 is 84.2. The van der Waals surface area contributed by atoms with Crippen molar-refractivity contribution in [3.05, 3.63) is 106 Å². The summed E-state index contributed by atoms with van der Waals surface area (Å²) in [5.74, 6) is 0. The fourth-order valence-corrected chi connectivity index (χ4v) is 3.99. The number of hydrogen-bond donors (Lipinski definition) is 0. The van der Waals surface area contributed by atoms with Crippen LogP contribution in [0.5, 0.6) is 0 Å². The molecule has 0 aliphatic carbocycles. The molecule has 0 radical (unpaired) electrons. The highest BCUT2D eigenvalue weighted by atomic mass is 79.9. The molecule has 0 aliphatic rings. The SMILES string of the molecule is [2H]c1c([2H])c([2H])c(-c2c3ccc(Br)cc3c(-c3c([2H])c([2H])c([2H])c([2H])c3[2H])c3ccc(Cl)cc23)c([2H])c1[2H]. The van der Waals surface area contributed by atoms with Crippen LogP contribution >= 0.6 is 27.5 Å². The van der Waals surface area contributed by atoms with E-state index in [9.17, 15) is 0 Å². The summed E-state index contributed by atoms with van der Waals surface area (Å²) >= 11 is 9.85. The molecule has 5 rings (SSSR count). The quantitative estimate of drug-likeness (QED) is 0.234. The maximum absolute atomic E-state index is 8.64. The Morgan fingerprint density at radius 3 is 1.68 bits per heavy atom. The molecule has 134 valence electrons. The number of benzene rings is 5. The Morgan fingerprint density at radius 1 is 0.607 bits per heavy atom. The molecule has 0 nitrogen and oxygen atoms in total. The lowest BCUT2D eigenvalue weighted by molar-refractivity contribution is 1.64. The summed E-state index contributed by atoms with van der Waals surface area (Å²) in [5, 5.41) is 2.10. The molecular weight excluding hydrogens is 428 g/mol.